The quantitative estimate of drug-likeness (QED) is 0.876. The second-order valence-electron chi connectivity index (χ2n) is 4.47. The molecule has 0 heterocycles. The summed E-state index contributed by atoms with van der Waals surface area (Å²) < 4.78 is 19.5. The van der Waals surface area contributed by atoms with Crippen molar-refractivity contribution in [1.29, 1.82) is 0 Å². The molecule has 2 aromatic carbocycles. The van der Waals surface area contributed by atoms with Crippen molar-refractivity contribution in [2.75, 3.05) is 12.4 Å². The lowest BCUT2D eigenvalue weighted by atomic mass is 10.1. The van der Waals surface area contributed by atoms with Crippen LogP contribution in [0.3, 0.4) is 0 Å². The van der Waals surface area contributed by atoms with Crippen LogP contribution in [0.15, 0.2) is 34.8 Å². The van der Waals surface area contributed by atoms with Gasteiger partial charge in [0, 0.05) is 17.1 Å². The largest absolute Gasteiger partial charge is 0.508 e. The lowest BCUT2D eigenvalue weighted by molar-refractivity contribution is 0.416. The predicted molar refractivity (Wildman–Crippen MR) is 80.8 cm³/mol. The summed E-state index contributed by atoms with van der Waals surface area (Å²) in [5.41, 5.74) is 2.52. The van der Waals surface area contributed by atoms with Gasteiger partial charge in [-0.2, -0.15) is 0 Å². The van der Waals surface area contributed by atoms with Crippen molar-refractivity contribution in [1.82, 2.24) is 0 Å². The fourth-order valence-corrected chi connectivity index (χ4v) is 2.58. The molecular formula is C15H15BrFNO2. The van der Waals surface area contributed by atoms with Gasteiger partial charge in [-0.3, -0.25) is 0 Å². The minimum Gasteiger partial charge on any atom is -0.508 e. The van der Waals surface area contributed by atoms with E-state index in [1.807, 2.05) is 19.1 Å². The Morgan fingerprint density at radius 2 is 2.00 bits per heavy atom. The molecule has 0 aromatic heterocycles. The van der Waals surface area contributed by atoms with Gasteiger partial charge in [-0.15, -0.1) is 0 Å². The summed E-state index contributed by atoms with van der Waals surface area (Å²) in [6.07, 6.45) is 0. The third-order valence-corrected chi connectivity index (χ3v) is 3.35. The molecule has 2 rings (SSSR count). The standard InChI is InChI=1S/C15H15BrFNO2/c1-9-3-11(16)6-14(20-2)15(9)18-8-10-4-12(17)7-13(19)5-10/h3-7,18-19H,8H2,1-2H3. The molecule has 106 valence electrons. The summed E-state index contributed by atoms with van der Waals surface area (Å²) in [6, 6.07) is 7.81. The maximum atomic E-state index is 13.2. The molecule has 0 bridgehead atoms. The highest BCUT2D eigenvalue weighted by Crippen LogP contribution is 2.32. The summed E-state index contributed by atoms with van der Waals surface area (Å²) >= 11 is 3.41. The normalized spacial score (nSPS) is 10.4. The maximum Gasteiger partial charge on any atom is 0.143 e. The van der Waals surface area contributed by atoms with Crippen LogP contribution in [0.2, 0.25) is 0 Å². The highest BCUT2D eigenvalue weighted by atomic mass is 79.9. The molecule has 0 aliphatic carbocycles. The van der Waals surface area contributed by atoms with Crippen molar-refractivity contribution < 1.29 is 14.2 Å². The molecule has 0 amide bonds. The molecule has 0 radical (unpaired) electrons. The van der Waals surface area contributed by atoms with E-state index in [0.29, 0.717) is 17.9 Å². The zero-order valence-corrected chi connectivity index (χ0v) is 12.8. The highest BCUT2D eigenvalue weighted by Gasteiger charge is 2.08. The first kappa shape index (κ1) is 14.7. The molecule has 0 atom stereocenters. The van der Waals surface area contributed by atoms with Gasteiger partial charge in [-0.05, 0) is 42.3 Å². The van der Waals surface area contributed by atoms with E-state index in [1.165, 1.54) is 12.1 Å². The molecule has 0 aliphatic heterocycles. The van der Waals surface area contributed by atoms with Gasteiger partial charge in [0.05, 0.1) is 12.8 Å². The van der Waals surface area contributed by atoms with E-state index in [4.69, 9.17) is 4.74 Å². The topological polar surface area (TPSA) is 41.5 Å². The second-order valence-corrected chi connectivity index (χ2v) is 5.39. The van der Waals surface area contributed by atoms with Crippen LogP contribution in [0.25, 0.3) is 0 Å². The summed E-state index contributed by atoms with van der Waals surface area (Å²) in [6.45, 7) is 2.35. The van der Waals surface area contributed by atoms with Crippen LogP contribution in [0.5, 0.6) is 11.5 Å². The minimum absolute atomic E-state index is 0.0821. The number of phenols is 1. The zero-order chi connectivity index (χ0) is 14.7. The van der Waals surface area contributed by atoms with Gasteiger partial charge in [-0.25, -0.2) is 4.39 Å². The number of hydrogen-bond acceptors (Lipinski definition) is 3. The molecule has 0 unspecified atom stereocenters. The van der Waals surface area contributed by atoms with Crippen molar-refractivity contribution in [3.05, 3.63) is 51.7 Å². The van der Waals surface area contributed by atoms with Crippen LogP contribution >= 0.6 is 15.9 Å². The number of hydrogen-bond donors (Lipinski definition) is 2. The summed E-state index contributed by atoms with van der Waals surface area (Å²) in [7, 11) is 1.60. The van der Waals surface area contributed by atoms with Crippen LogP contribution in [-0.4, -0.2) is 12.2 Å². The second kappa shape index (κ2) is 6.13. The van der Waals surface area contributed by atoms with Crippen molar-refractivity contribution in [2.24, 2.45) is 0 Å². The van der Waals surface area contributed by atoms with Crippen LogP contribution in [0.4, 0.5) is 10.1 Å². The van der Waals surface area contributed by atoms with Gasteiger partial charge in [-0.1, -0.05) is 15.9 Å². The Morgan fingerprint density at radius 3 is 2.65 bits per heavy atom. The molecule has 2 aromatic rings. The third-order valence-electron chi connectivity index (χ3n) is 2.90. The van der Waals surface area contributed by atoms with Crippen LogP contribution in [0, 0.1) is 12.7 Å². The Bertz CT molecular complexity index is 611. The van der Waals surface area contributed by atoms with Gasteiger partial charge >= 0.3 is 0 Å². The number of nitrogens with one attached hydrogen (secondary N) is 1. The lowest BCUT2D eigenvalue weighted by Crippen LogP contribution is -2.03. The number of halogens is 2. The van der Waals surface area contributed by atoms with Gasteiger partial charge in [0.1, 0.15) is 17.3 Å². The molecule has 3 nitrogen and oxygen atoms in total. The van der Waals surface area contributed by atoms with E-state index < -0.39 is 5.82 Å². The molecule has 0 saturated carbocycles. The van der Waals surface area contributed by atoms with Crippen LogP contribution in [0.1, 0.15) is 11.1 Å². The Morgan fingerprint density at radius 1 is 1.25 bits per heavy atom. The average Bonchev–Trinajstić information content (AvgIpc) is 2.35. The molecule has 20 heavy (non-hydrogen) atoms. The van der Waals surface area contributed by atoms with E-state index in [1.54, 1.807) is 7.11 Å². The Hall–Kier alpha value is -1.75. The molecular weight excluding hydrogens is 325 g/mol. The number of phenolic OH excluding ortho intramolecular Hbond substituents is 1. The fourth-order valence-electron chi connectivity index (χ4n) is 2.03. The first-order chi connectivity index (χ1) is 9.49. The monoisotopic (exact) mass is 339 g/mol. The van der Waals surface area contributed by atoms with Crippen molar-refractivity contribution in [3.63, 3.8) is 0 Å². The van der Waals surface area contributed by atoms with E-state index in [0.717, 1.165) is 21.8 Å². The third kappa shape index (κ3) is 3.42. The van der Waals surface area contributed by atoms with Crippen molar-refractivity contribution in [2.45, 2.75) is 13.5 Å². The number of rotatable bonds is 4. The van der Waals surface area contributed by atoms with Crippen molar-refractivity contribution in [3.8, 4) is 11.5 Å². The first-order valence-electron chi connectivity index (χ1n) is 6.06. The van der Waals surface area contributed by atoms with Gasteiger partial charge in [0.25, 0.3) is 0 Å². The molecule has 0 aliphatic rings. The van der Waals surface area contributed by atoms with E-state index >= 15 is 0 Å². The Balaban J connectivity index is 2.22. The first-order valence-corrected chi connectivity index (χ1v) is 6.85. The molecule has 2 N–H and O–H groups in total. The van der Waals surface area contributed by atoms with Crippen LogP contribution < -0.4 is 10.1 Å². The van der Waals surface area contributed by atoms with E-state index in [9.17, 15) is 9.50 Å². The Kier molecular flexibility index (Phi) is 4.49. The number of methoxy groups -OCH3 is 1. The van der Waals surface area contributed by atoms with E-state index in [-0.39, 0.29) is 5.75 Å². The maximum absolute atomic E-state index is 13.2. The van der Waals surface area contributed by atoms with Gasteiger partial charge in [0.15, 0.2) is 0 Å². The number of aromatic hydroxyl groups is 1. The van der Waals surface area contributed by atoms with Gasteiger partial charge in [0.2, 0.25) is 0 Å². The lowest BCUT2D eigenvalue weighted by Gasteiger charge is -2.15. The van der Waals surface area contributed by atoms with Gasteiger partial charge < -0.3 is 15.2 Å². The minimum atomic E-state index is -0.457. The molecule has 0 fully saturated rings. The Labute approximate surface area is 125 Å². The molecule has 5 heteroatoms. The number of aryl methyl sites for hydroxylation is 1. The zero-order valence-electron chi connectivity index (χ0n) is 11.2. The summed E-state index contributed by atoms with van der Waals surface area (Å²) in [5.74, 6) is 0.167. The molecule has 0 spiro atoms. The number of benzene rings is 2. The summed E-state index contributed by atoms with van der Waals surface area (Å²) in [4.78, 5) is 0. The van der Waals surface area contributed by atoms with E-state index in [2.05, 4.69) is 21.2 Å². The summed E-state index contributed by atoms with van der Waals surface area (Å²) in [5, 5.41) is 12.6. The fraction of sp³-hybridized carbons (Fsp3) is 0.200. The smallest absolute Gasteiger partial charge is 0.143 e. The van der Waals surface area contributed by atoms with Crippen molar-refractivity contribution >= 4 is 21.6 Å². The number of anilines is 1. The average molecular weight is 340 g/mol. The SMILES string of the molecule is COc1cc(Br)cc(C)c1NCc1cc(O)cc(F)c1. The predicted octanol–water partition coefficient (Wildman–Crippen LogP) is 4.22. The molecule has 0 saturated heterocycles. The van der Waals surface area contributed by atoms with Crippen LogP contribution in [-0.2, 0) is 6.54 Å². The number of ether oxygens (including phenoxy) is 1. The highest BCUT2D eigenvalue weighted by molar-refractivity contribution is 9.10.